The minimum Gasteiger partial charge on any atom is -0.481 e. The third-order valence-corrected chi connectivity index (χ3v) is 4.34. The number of nitrogens with zero attached hydrogens (tertiary/aromatic N) is 3. The Balaban J connectivity index is 2.49. The van der Waals surface area contributed by atoms with Crippen LogP contribution in [0.2, 0.25) is 0 Å². The lowest BCUT2D eigenvalue weighted by atomic mass is 10.3. The largest absolute Gasteiger partial charge is 0.481 e. The average molecular weight is 408 g/mol. The van der Waals surface area contributed by atoms with Gasteiger partial charge in [0.2, 0.25) is 5.95 Å². The van der Waals surface area contributed by atoms with Crippen molar-refractivity contribution < 1.29 is 9.90 Å². The number of nitrogen functional groups attached to an aromatic ring is 1. The van der Waals surface area contributed by atoms with E-state index in [1.54, 1.807) is 4.57 Å². The first-order valence-corrected chi connectivity index (χ1v) is 7.57. The van der Waals surface area contributed by atoms with Crippen LogP contribution in [0, 0.1) is 0 Å². The van der Waals surface area contributed by atoms with Crippen LogP contribution < -0.4 is 5.73 Å². The molecule has 2 rings (SSSR count). The molecule has 0 atom stereocenters. The Morgan fingerprint density at radius 2 is 2.00 bits per heavy atom. The summed E-state index contributed by atoms with van der Waals surface area (Å²) in [5.74, 6) is -0.843. The molecule has 6 nitrogen and oxygen atoms in total. The highest BCUT2D eigenvalue weighted by Crippen LogP contribution is 2.33. The smallest absolute Gasteiger partial charge is 0.313 e. The number of anilines is 1. The van der Waals surface area contributed by atoms with Gasteiger partial charge in [0, 0.05) is 8.95 Å². The van der Waals surface area contributed by atoms with Gasteiger partial charge in [0.15, 0.2) is 5.16 Å². The van der Waals surface area contributed by atoms with Gasteiger partial charge in [0.1, 0.15) is 0 Å². The van der Waals surface area contributed by atoms with E-state index in [0.717, 1.165) is 26.4 Å². The van der Waals surface area contributed by atoms with Crippen molar-refractivity contribution in [2.75, 3.05) is 11.5 Å². The lowest BCUT2D eigenvalue weighted by molar-refractivity contribution is -0.133. The van der Waals surface area contributed by atoms with Gasteiger partial charge in [-0.25, -0.2) is 0 Å². The van der Waals surface area contributed by atoms with Crippen LogP contribution >= 0.6 is 43.6 Å². The van der Waals surface area contributed by atoms with Gasteiger partial charge in [-0.05, 0) is 44.0 Å². The van der Waals surface area contributed by atoms with Gasteiger partial charge in [-0.2, -0.15) is 0 Å². The summed E-state index contributed by atoms with van der Waals surface area (Å²) < 4.78 is 3.19. The molecule has 0 unspecified atom stereocenters. The molecule has 0 spiro atoms. The van der Waals surface area contributed by atoms with Gasteiger partial charge < -0.3 is 10.8 Å². The van der Waals surface area contributed by atoms with Crippen molar-refractivity contribution in [3.8, 4) is 5.69 Å². The lowest BCUT2D eigenvalue weighted by Crippen LogP contribution is -2.05. The molecule has 2 aromatic rings. The first kappa shape index (κ1) is 14.4. The third kappa shape index (κ3) is 3.10. The molecule has 1 aromatic carbocycles. The quantitative estimate of drug-likeness (QED) is 0.756. The molecule has 0 radical (unpaired) electrons. The third-order valence-electron chi connectivity index (χ3n) is 2.14. The summed E-state index contributed by atoms with van der Waals surface area (Å²) in [7, 11) is 0. The monoisotopic (exact) mass is 406 g/mol. The second kappa shape index (κ2) is 5.93. The Morgan fingerprint density at radius 3 is 2.58 bits per heavy atom. The Kier molecular flexibility index (Phi) is 4.48. The minimum absolute atomic E-state index is 0.111. The van der Waals surface area contributed by atoms with E-state index in [0.29, 0.717) is 5.16 Å². The summed E-state index contributed by atoms with van der Waals surface area (Å²) in [5, 5.41) is 16.8. The number of thioether (sulfide) groups is 1. The maximum atomic E-state index is 10.6. The zero-order valence-electron chi connectivity index (χ0n) is 9.38. The number of hydrogen-bond donors (Lipinski definition) is 2. The maximum absolute atomic E-state index is 10.6. The van der Waals surface area contributed by atoms with Gasteiger partial charge in [-0.15, -0.1) is 10.2 Å². The first-order chi connectivity index (χ1) is 9.00. The number of para-hydroxylation sites is 1. The fourth-order valence-corrected chi connectivity index (χ4v) is 3.43. The molecule has 3 N–H and O–H groups in total. The Labute approximate surface area is 129 Å². The van der Waals surface area contributed by atoms with Crippen molar-refractivity contribution in [1.29, 1.82) is 0 Å². The molecule has 0 saturated carbocycles. The van der Waals surface area contributed by atoms with Crippen molar-refractivity contribution in [3.63, 3.8) is 0 Å². The van der Waals surface area contributed by atoms with Crippen LogP contribution in [0.5, 0.6) is 0 Å². The van der Waals surface area contributed by atoms with E-state index in [1.807, 2.05) is 18.2 Å². The zero-order valence-corrected chi connectivity index (χ0v) is 13.4. The molecule has 19 heavy (non-hydrogen) atoms. The predicted octanol–water partition coefficient (Wildman–Crippen LogP) is 2.55. The normalized spacial score (nSPS) is 10.6. The van der Waals surface area contributed by atoms with Gasteiger partial charge in [0.05, 0.1) is 11.4 Å². The van der Waals surface area contributed by atoms with Crippen LogP contribution in [0.15, 0.2) is 32.3 Å². The average Bonchev–Trinajstić information content (AvgIpc) is 2.69. The number of aromatic nitrogens is 3. The molecule has 100 valence electrons. The lowest BCUT2D eigenvalue weighted by Gasteiger charge is -2.11. The summed E-state index contributed by atoms with van der Waals surface area (Å²) in [4.78, 5) is 10.6. The number of hydrogen-bond acceptors (Lipinski definition) is 5. The van der Waals surface area contributed by atoms with Crippen LogP contribution in [0.3, 0.4) is 0 Å². The molecule has 1 heterocycles. The van der Waals surface area contributed by atoms with Gasteiger partial charge >= 0.3 is 5.97 Å². The molecule has 0 saturated heterocycles. The Morgan fingerprint density at radius 1 is 1.37 bits per heavy atom. The number of carboxylic acids is 1. The maximum Gasteiger partial charge on any atom is 0.313 e. The topological polar surface area (TPSA) is 94.0 Å². The number of carboxylic acid groups (broad SMARTS) is 1. The molecule has 0 amide bonds. The van der Waals surface area contributed by atoms with Crippen LogP contribution in [0.4, 0.5) is 5.95 Å². The number of aliphatic carboxylic acids is 1. The Hall–Kier alpha value is -1.06. The van der Waals surface area contributed by atoms with E-state index in [1.165, 1.54) is 0 Å². The predicted molar refractivity (Wildman–Crippen MR) is 79.5 cm³/mol. The molecule has 0 aliphatic heterocycles. The van der Waals surface area contributed by atoms with Crippen molar-refractivity contribution >= 4 is 55.5 Å². The molecule has 0 bridgehead atoms. The minimum atomic E-state index is -0.927. The van der Waals surface area contributed by atoms with E-state index in [2.05, 4.69) is 42.1 Å². The summed E-state index contributed by atoms with van der Waals surface area (Å²) in [6.07, 6.45) is 0. The van der Waals surface area contributed by atoms with Gasteiger partial charge in [-0.1, -0.05) is 17.8 Å². The van der Waals surface area contributed by atoms with E-state index < -0.39 is 5.97 Å². The summed E-state index contributed by atoms with van der Waals surface area (Å²) >= 11 is 7.92. The fraction of sp³-hybridized carbons (Fsp3) is 0.100. The van der Waals surface area contributed by atoms with Crippen LogP contribution in [-0.4, -0.2) is 31.6 Å². The molecule has 0 aliphatic rings. The summed E-state index contributed by atoms with van der Waals surface area (Å²) in [6.45, 7) is 0. The molecule has 0 fully saturated rings. The number of rotatable bonds is 4. The molecule has 9 heteroatoms. The first-order valence-electron chi connectivity index (χ1n) is 5.00. The van der Waals surface area contributed by atoms with Gasteiger partial charge in [0.25, 0.3) is 0 Å². The SMILES string of the molecule is Nc1nnc(SCC(=O)O)n1-c1c(Br)cccc1Br. The van der Waals surface area contributed by atoms with Crippen molar-refractivity contribution in [3.05, 3.63) is 27.1 Å². The highest BCUT2D eigenvalue weighted by molar-refractivity contribution is 9.11. The van der Waals surface area contributed by atoms with E-state index in [-0.39, 0.29) is 11.7 Å². The standard InChI is InChI=1S/C10H8Br2N4O2S/c11-5-2-1-3-6(12)8(5)16-9(13)14-15-10(16)19-4-7(17)18/h1-3H,4H2,(H2,13,14)(H,17,18). The van der Waals surface area contributed by atoms with Crippen molar-refractivity contribution in [2.45, 2.75) is 5.16 Å². The second-order valence-corrected chi connectivity index (χ2v) is 6.08. The van der Waals surface area contributed by atoms with E-state index in [9.17, 15) is 4.79 Å². The van der Waals surface area contributed by atoms with Gasteiger partial charge in [-0.3, -0.25) is 9.36 Å². The molecule has 0 aliphatic carbocycles. The fourth-order valence-electron chi connectivity index (χ4n) is 1.41. The molecule has 1 aromatic heterocycles. The number of halogens is 2. The van der Waals surface area contributed by atoms with Crippen LogP contribution in [0.1, 0.15) is 0 Å². The second-order valence-electron chi connectivity index (χ2n) is 3.43. The number of carbonyl (C=O) groups is 1. The van der Waals surface area contributed by atoms with Crippen LogP contribution in [-0.2, 0) is 4.79 Å². The van der Waals surface area contributed by atoms with Crippen LogP contribution in [0.25, 0.3) is 5.69 Å². The van der Waals surface area contributed by atoms with Crippen molar-refractivity contribution in [1.82, 2.24) is 14.8 Å². The molecular formula is C10H8Br2N4O2S. The highest BCUT2D eigenvalue weighted by Gasteiger charge is 2.17. The number of nitrogens with two attached hydrogens (primary N) is 1. The summed E-state index contributed by atoms with van der Waals surface area (Å²) in [6, 6.07) is 5.57. The van der Waals surface area contributed by atoms with Crippen molar-refractivity contribution in [2.24, 2.45) is 0 Å². The molecular weight excluding hydrogens is 400 g/mol. The van der Waals surface area contributed by atoms with E-state index in [4.69, 9.17) is 10.8 Å². The zero-order chi connectivity index (χ0) is 14.0. The van der Waals surface area contributed by atoms with E-state index >= 15 is 0 Å². The number of benzene rings is 1. The Bertz CT molecular complexity index is 612. The summed E-state index contributed by atoms with van der Waals surface area (Å²) in [5.41, 5.74) is 6.54. The highest BCUT2D eigenvalue weighted by atomic mass is 79.9.